The Bertz CT molecular complexity index is 1510. The van der Waals surface area contributed by atoms with Gasteiger partial charge in [-0.25, -0.2) is 4.79 Å². The first-order valence-electron chi connectivity index (χ1n) is 19.8. The van der Waals surface area contributed by atoms with Crippen LogP contribution < -0.4 is 4.74 Å². The van der Waals surface area contributed by atoms with Crippen molar-refractivity contribution >= 4 is 5.97 Å². The van der Waals surface area contributed by atoms with Gasteiger partial charge in [-0.05, 0) is 115 Å². The third kappa shape index (κ3) is 11.5. The van der Waals surface area contributed by atoms with Crippen LogP contribution in [-0.2, 0) is 22.4 Å². The highest BCUT2D eigenvalue weighted by Crippen LogP contribution is 2.39. The van der Waals surface area contributed by atoms with Crippen molar-refractivity contribution in [2.45, 2.75) is 124 Å². The van der Waals surface area contributed by atoms with Crippen LogP contribution in [0.2, 0.25) is 0 Å². The van der Waals surface area contributed by atoms with Crippen LogP contribution in [0.3, 0.4) is 0 Å². The largest absolute Gasteiger partial charge is 0.493 e. The Labute approximate surface area is 308 Å². The molecule has 278 valence electrons. The van der Waals surface area contributed by atoms with Gasteiger partial charge in [-0.2, -0.15) is 0 Å². The van der Waals surface area contributed by atoms with Crippen molar-refractivity contribution in [3.63, 3.8) is 0 Å². The second kappa shape index (κ2) is 20.6. The van der Waals surface area contributed by atoms with Crippen molar-refractivity contribution in [2.75, 3.05) is 26.4 Å². The fraction of sp³-hybridized carbons (Fsp3) is 0.543. The molecule has 0 aliphatic heterocycles. The van der Waals surface area contributed by atoms with Gasteiger partial charge in [0.15, 0.2) is 0 Å². The summed E-state index contributed by atoms with van der Waals surface area (Å²) >= 11 is 0. The van der Waals surface area contributed by atoms with Crippen molar-refractivity contribution in [3.8, 4) is 28.0 Å². The molecule has 1 aliphatic rings. The van der Waals surface area contributed by atoms with Gasteiger partial charge in [-0.1, -0.05) is 114 Å². The quantitative estimate of drug-likeness (QED) is 0.0659. The number of hydrogen-bond acceptors (Lipinski definition) is 5. The van der Waals surface area contributed by atoms with E-state index in [0.29, 0.717) is 30.9 Å². The van der Waals surface area contributed by atoms with E-state index < -0.39 is 11.4 Å². The minimum absolute atomic E-state index is 0.0738. The topological polar surface area (TPSA) is 76.0 Å². The summed E-state index contributed by atoms with van der Waals surface area (Å²) in [5.74, 6) is 1.94. The van der Waals surface area contributed by atoms with Gasteiger partial charge < -0.3 is 19.7 Å². The number of aliphatic hydroxyl groups is 2. The molecule has 1 aliphatic carbocycles. The van der Waals surface area contributed by atoms with E-state index in [1.165, 1.54) is 79.2 Å². The van der Waals surface area contributed by atoms with Crippen LogP contribution in [0.15, 0.2) is 72.8 Å². The van der Waals surface area contributed by atoms with E-state index in [4.69, 9.17) is 9.47 Å². The van der Waals surface area contributed by atoms with E-state index in [2.05, 4.69) is 81.9 Å². The summed E-state index contributed by atoms with van der Waals surface area (Å²) in [5.41, 5.74) is 8.28. The lowest BCUT2D eigenvalue weighted by atomic mass is 9.77. The predicted molar refractivity (Wildman–Crippen MR) is 211 cm³/mol. The number of ether oxygens (including phenoxy) is 2. The smallest absolute Gasteiger partial charge is 0.333 e. The average Bonchev–Trinajstić information content (AvgIpc) is 3.17. The predicted octanol–water partition coefficient (Wildman–Crippen LogP) is 11.0. The lowest BCUT2D eigenvalue weighted by Crippen LogP contribution is -2.32. The molecule has 3 aromatic rings. The number of benzene rings is 3. The molecule has 0 radical (unpaired) electrons. The molecule has 51 heavy (non-hydrogen) atoms. The number of carbonyl (C=O) groups excluding carboxylic acids is 1. The molecule has 0 atom stereocenters. The number of esters is 1. The van der Waals surface area contributed by atoms with Gasteiger partial charge in [0.25, 0.3) is 0 Å². The van der Waals surface area contributed by atoms with Crippen LogP contribution in [0, 0.1) is 11.3 Å². The highest BCUT2D eigenvalue weighted by atomic mass is 16.5. The minimum Gasteiger partial charge on any atom is -0.493 e. The standard InChI is InChI=1S/C46H64O5/c1-6-9-11-12-35-13-15-37(16-14-35)38-17-19-39(20-18-38)40-21-23-43(36(8-3)30-40)41-22-24-44(42(31-41)25-28-51-45(49)34(4)5)50-29-27-46(32-47,33-48)26-10-7-2/h17-24,30-31,35,37,47-48H,4,6-16,25-29,32-33H2,1-3,5H3. The number of aryl methyl sites for hydroxylation is 1. The Morgan fingerprint density at radius 3 is 2.10 bits per heavy atom. The lowest BCUT2D eigenvalue weighted by Gasteiger charge is -2.30. The summed E-state index contributed by atoms with van der Waals surface area (Å²) in [6.45, 7) is 12.4. The van der Waals surface area contributed by atoms with E-state index in [1.807, 2.05) is 6.07 Å². The third-order valence-electron chi connectivity index (χ3n) is 11.2. The van der Waals surface area contributed by atoms with Gasteiger partial charge >= 0.3 is 5.97 Å². The van der Waals surface area contributed by atoms with Crippen LogP contribution in [-0.4, -0.2) is 42.6 Å². The van der Waals surface area contributed by atoms with Crippen molar-refractivity contribution in [1.29, 1.82) is 0 Å². The summed E-state index contributed by atoms with van der Waals surface area (Å²) in [5, 5.41) is 20.2. The molecule has 2 N–H and O–H groups in total. The van der Waals surface area contributed by atoms with Gasteiger partial charge in [-0.15, -0.1) is 0 Å². The second-order valence-corrected chi connectivity index (χ2v) is 15.1. The molecule has 0 saturated heterocycles. The van der Waals surface area contributed by atoms with Crippen LogP contribution in [0.5, 0.6) is 5.75 Å². The Kier molecular flexibility index (Phi) is 16.3. The maximum Gasteiger partial charge on any atom is 0.333 e. The van der Waals surface area contributed by atoms with Crippen LogP contribution in [0.1, 0.15) is 127 Å². The molecule has 0 amide bonds. The average molecular weight is 697 g/mol. The van der Waals surface area contributed by atoms with Crippen molar-refractivity contribution < 1.29 is 24.5 Å². The molecular weight excluding hydrogens is 633 g/mol. The SMILES string of the molecule is C=C(C)C(=O)OCCc1cc(-c2ccc(-c3ccc(C4CCC(CCCCC)CC4)cc3)cc2CC)ccc1OCCC(CO)(CO)CCCC. The zero-order valence-electron chi connectivity index (χ0n) is 32.0. The molecule has 3 aromatic carbocycles. The molecule has 1 fully saturated rings. The molecular formula is C46H64O5. The maximum atomic E-state index is 12.1. The van der Waals surface area contributed by atoms with Gasteiger partial charge in [0.05, 0.1) is 26.4 Å². The summed E-state index contributed by atoms with van der Waals surface area (Å²) < 4.78 is 11.8. The van der Waals surface area contributed by atoms with E-state index in [1.54, 1.807) is 6.92 Å². The zero-order valence-corrected chi connectivity index (χ0v) is 32.0. The first kappa shape index (κ1) is 40.4. The van der Waals surface area contributed by atoms with E-state index in [-0.39, 0.29) is 19.8 Å². The highest BCUT2D eigenvalue weighted by molar-refractivity contribution is 5.86. The van der Waals surface area contributed by atoms with Gasteiger partial charge in [-0.3, -0.25) is 0 Å². The molecule has 5 heteroatoms. The van der Waals surface area contributed by atoms with Crippen molar-refractivity contribution in [3.05, 3.63) is 89.5 Å². The molecule has 0 spiro atoms. The first-order valence-corrected chi connectivity index (χ1v) is 19.8. The molecule has 5 nitrogen and oxygen atoms in total. The fourth-order valence-corrected chi connectivity index (χ4v) is 7.64. The Morgan fingerprint density at radius 2 is 1.45 bits per heavy atom. The highest BCUT2D eigenvalue weighted by Gasteiger charge is 2.28. The Balaban J connectivity index is 1.49. The first-order chi connectivity index (χ1) is 24.8. The summed E-state index contributed by atoms with van der Waals surface area (Å²) in [6, 6.07) is 22.4. The van der Waals surface area contributed by atoms with Crippen LogP contribution in [0.4, 0.5) is 0 Å². The second-order valence-electron chi connectivity index (χ2n) is 15.1. The molecule has 0 heterocycles. The Hall–Kier alpha value is -3.41. The van der Waals surface area contributed by atoms with Gasteiger partial charge in [0.2, 0.25) is 0 Å². The lowest BCUT2D eigenvalue weighted by molar-refractivity contribution is -0.138. The number of carbonyl (C=O) groups is 1. The molecule has 0 bridgehead atoms. The summed E-state index contributed by atoms with van der Waals surface area (Å²) in [7, 11) is 0. The molecule has 0 aromatic heterocycles. The molecule has 1 saturated carbocycles. The van der Waals surface area contributed by atoms with Crippen LogP contribution >= 0.6 is 0 Å². The van der Waals surface area contributed by atoms with Gasteiger partial charge in [0.1, 0.15) is 5.75 Å². The van der Waals surface area contributed by atoms with E-state index in [0.717, 1.165) is 48.5 Å². The monoisotopic (exact) mass is 696 g/mol. The van der Waals surface area contributed by atoms with E-state index >= 15 is 0 Å². The zero-order chi connectivity index (χ0) is 36.6. The number of unbranched alkanes of at least 4 members (excludes halogenated alkanes) is 3. The summed E-state index contributed by atoms with van der Waals surface area (Å²) in [4.78, 5) is 12.1. The molecule has 4 rings (SSSR count). The normalized spacial score (nSPS) is 16.2. The minimum atomic E-state index is -0.557. The summed E-state index contributed by atoms with van der Waals surface area (Å²) in [6.07, 6.45) is 15.5. The third-order valence-corrected chi connectivity index (χ3v) is 11.2. The number of rotatable bonds is 21. The van der Waals surface area contributed by atoms with Crippen molar-refractivity contribution in [1.82, 2.24) is 0 Å². The molecule has 0 unspecified atom stereocenters. The van der Waals surface area contributed by atoms with Crippen LogP contribution in [0.25, 0.3) is 22.3 Å². The fourth-order valence-electron chi connectivity index (χ4n) is 7.64. The van der Waals surface area contributed by atoms with E-state index in [9.17, 15) is 15.0 Å². The number of aliphatic hydroxyl groups excluding tert-OH is 2. The number of hydrogen-bond donors (Lipinski definition) is 2. The Morgan fingerprint density at radius 1 is 0.784 bits per heavy atom. The van der Waals surface area contributed by atoms with Gasteiger partial charge in [0, 0.05) is 17.4 Å². The maximum absolute atomic E-state index is 12.1. The van der Waals surface area contributed by atoms with Crippen molar-refractivity contribution in [2.24, 2.45) is 11.3 Å².